The molecule has 1 saturated heterocycles. The van der Waals surface area contributed by atoms with Crippen molar-refractivity contribution in [1.82, 2.24) is 20.2 Å². The van der Waals surface area contributed by atoms with Crippen molar-refractivity contribution in [2.24, 2.45) is 5.92 Å². The SMILES string of the molecule is Cc1ccc2c(CCNC(=O)C3CC(=O)N(Cc4cccnc4)C3)c(C)[nH]c2c1C. The van der Waals surface area contributed by atoms with Crippen LogP contribution in [0, 0.1) is 26.7 Å². The highest BCUT2D eigenvalue weighted by Crippen LogP contribution is 2.27. The number of H-pyrrole nitrogens is 1. The molecule has 1 fully saturated rings. The topological polar surface area (TPSA) is 78.1 Å². The summed E-state index contributed by atoms with van der Waals surface area (Å²) in [7, 11) is 0. The van der Waals surface area contributed by atoms with Gasteiger partial charge in [-0.1, -0.05) is 18.2 Å². The van der Waals surface area contributed by atoms with E-state index in [1.807, 2.05) is 12.1 Å². The number of likely N-dealkylation sites (tertiary alicyclic amines) is 1. The number of nitrogens with zero attached hydrogens (tertiary/aromatic N) is 2. The Morgan fingerprint density at radius 3 is 2.87 bits per heavy atom. The summed E-state index contributed by atoms with van der Waals surface area (Å²) in [5.41, 5.74) is 7.09. The summed E-state index contributed by atoms with van der Waals surface area (Å²) >= 11 is 0. The van der Waals surface area contributed by atoms with Gasteiger partial charge in [0.05, 0.1) is 5.92 Å². The highest BCUT2D eigenvalue weighted by Gasteiger charge is 2.34. The summed E-state index contributed by atoms with van der Waals surface area (Å²) in [6, 6.07) is 8.11. The average molecular weight is 405 g/mol. The third kappa shape index (κ3) is 3.95. The third-order valence-corrected chi connectivity index (χ3v) is 6.18. The normalized spacial score (nSPS) is 16.4. The number of rotatable bonds is 6. The maximum atomic E-state index is 12.7. The quantitative estimate of drug-likeness (QED) is 0.662. The summed E-state index contributed by atoms with van der Waals surface area (Å²) in [6.45, 7) is 7.86. The lowest BCUT2D eigenvalue weighted by atomic mass is 10.0. The molecule has 4 rings (SSSR count). The van der Waals surface area contributed by atoms with E-state index in [2.05, 4.69) is 48.2 Å². The number of nitrogens with one attached hydrogen (secondary N) is 2. The average Bonchev–Trinajstić information content (AvgIpc) is 3.26. The summed E-state index contributed by atoms with van der Waals surface area (Å²) in [5, 5.41) is 4.27. The summed E-state index contributed by atoms with van der Waals surface area (Å²) in [5.74, 6) is -0.304. The van der Waals surface area contributed by atoms with E-state index in [-0.39, 0.29) is 24.2 Å². The van der Waals surface area contributed by atoms with Gasteiger partial charge in [0.25, 0.3) is 0 Å². The van der Waals surface area contributed by atoms with Gasteiger partial charge in [-0.2, -0.15) is 0 Å². The van der Waals surface area contributed by atoms with Crippen LogP contribution < -0.4 is 5.32 Å². The van der Waals surface area contributed by atoms with Crippen LogP contribution in [0.1, 0.15) is 34.4 Å². The van der Waals surface area contributed by atoms with Gasteiger partial charge in [-0.05, 0) is 55.5 Å². The molecule has 1 aliphatic heterocycles. The lowest BCUT2D eigenvalue weighted by Crippen LogP contribution is -2.34. The number of fused-ring (bicyclic) bond motifs is 1. The first kappa shape index (κ1) is 20.1. The molecule has 0 saturated carbocycles. The molecule has 3 heterocycles. The van der Waals surface area contributed by atoms with E-state index >= 15 is 0 Å². The Hall–Kier alpha value is -3.15. The third-order valence-electron chi connectivity index (χ3n) is 6.18. The van der Waals surface area contributed by atoms with E-state index in [4.69, 9.17) is 0 Å². The fraction of sp³-hybridized carbons (Fsp3) is 0.375. The van der Waals surface area contributed by atoms with E-state index in [9.17, 15) is 9.59 Å². The fourth-order valence-electron chi connectivity index (χ4n) is 4.28. The van der Waals surface area contributed by atoms with Crippen LogP contribution in [0.3, 0.4) is 0 Å². The molecule has 0 spiro atoms. The Morgan fingerprint density at radius 2 is 2.10 bits per heavy atom. The first-order valence-corrected chi connectivity index (χ1v) is 10.5. The van der Waals surface area contributed by atoms with Crippen molar-refractivity contribution < 1.29 is 9.59 Å². The number of carbonyl (C=O) groups excluding carboxylic acids is 2. The number of amides is 2. The molecule has 2 N–H and O–H groups in total. The molecule has 30 heavy (non-hydrogen) atoms. The number of pyridine rings is 1. The lowest BCUT2D eigenvalue weighted by Gasteiger charge is -2.16. The van der Waals surface area contributed by atoms with E-state index in [0.717, 1.165) is 17.7 Å². The molecule has 6 nitrogen and oxygen atoms in total. The molecule has 156 valence electrons. The van der Waals surface area contributed by atoms with Gasteiger partial charge in [0.15, 0.2) is 0 Å². The Balaban J connectivity index is 1.34. The summed E-state index contributed by atoms with van der Waals surface area (Å²) in [4.78, 5) is 34.3. The largest absolute Gasteiger partial charge is 0.358 e. The minimum atomic E-state index is -0.289. The maximum absolute atomic E-state index is 12.7. The Labute approximate surface area is 176 Å². The highest BCUT2D eigenvalue weighted by molar-refractivity contribution is 5.90. The predicted molar refractivity (Wildman–Crippen MR) is 117 cm³/mol. The van der Waals surface area contributed by atoms with Crippen molar-refractivity contribution >= 4 is 22.7 Å². The smallest absolute Gasteiger partial charge is 0.225 e. The van der Waals surface area contributed by atoms with Crippen LogP contribution in [0.4, 0.5) is 0 Å². The van der Waals surface area contributed by atoms with Gasteiger partial charge >= 0.3 is 0 Å². The van der Waals surface area contributed by atoms with E-state index < -0.39 is 0 Å². The van der Waals surface area contributed by atoms with Crippen LogP contribution in [-0.2, 0) is 22.6 Å². The molecule has 6 heteroatoms. The number of benzene rings is 1. The number of hydrogen-bond acceptors (Lipinski definition) is 3. The van der Waals surface area contributed by atoms with Crippen molar-refractivity contribution in [3.05, 3.63) is 64.6 Å². The van der Waals surface area contributed by atoms with Gasteiger partial charge < -0.3 is 15.2 Å². The number of aryl methyl sites for hydroxylation is 3. The number of aromatic amines is 1. The minimum absolute atomic E-state index is 0.0253. The molecule has 3 aromatic rings. The molecule has 1 unspecified atom stereocenters. The van der Waals surface area contributed by atoms with Gasteiger partial charge in [-0.25, -0.2) is 0 Å². The lowest BCUT2D eigenvalue weighted by molar-refractivity contribution is -0.129. The molecule has 1 aromatic carbocycles. The molecule has 1 aliphatic rings. The second-order valence-corrected chi connectivity index (χ2v) is 8.24. The van der Waals surface area contributed by atoms with Gasteiger partial charge in [-0.15, -0.1) is 0 Å². The molecule has 2 aromatic heterocycles. The predicted octanol–water partition coefficient (Wildman–Crippen LogP) is 3.20. The Bertz CT molecular complexity index is 1090. The van der Waals surface area contributed by atoms with Crippen LogP contribution in [0.5, 0.6) is 0 Å². The first-order valence-electron chi connectivity index (χ1n) is 10.5. The fourth-order valence-corrected chi connectivity index (χ4v) is 4.28. The van der Waals surface area contributed by atoms with Gasteiger partial charge in [-0.3, -0.25) is 14.6 Å². The zero-order valence-corrected chi connectivity index (χ0v) is 17.8. The van der Waals surface area contributed by atoms with Crippen LogP contribution >= 0.6 is 0 Å². The summed E-state index contributed by atoms with van der Waals surface area (Å²) in [6.07, 6.45) is 4.51. The summed E-state index contributed by atoms with van der Waals surface area (Å²) < 4.78 is 0. The van der Waals surface area contributed by atoms with Gasteiger partial charge in [0.2, 0.25) is 11.8 Å². The maximum Gasteiger partial charge on any atom is 0.225 e. The molecular weight excluding hydrogens is 376 g/mol. The number of carbonyl (C=O) groups is 2. The zero-order valence-electron chi connectivity index (χ0n) is 17.8. The van der Waals surface area contributed by atoms with Gasteiger partial charge in [0.1, 0.15) is 0 Å². The second-order valence-electron chi connectivity index (χ2n) is 8.24. The zero-order chi connectivity index (χ0) is 21.3. The van der Waals surface area contributed by atoms with Crippen LogP contribution in [0.15, 0.2) is 36.7 Å². The molecule has 0 bridgehead atoms. The Morgan fingerprint density at radius 1 is 1.27 bits per heavy atom. The van der Waals surface area contributed by atoms with Crippen molar-refractivity contribution in [1.29, 1.82) is 0 Å². The molecular formula is C24H28N4O2. The number of aromatic nitrogens is 2. The van der Waals surface area contributed by atoms with Crippen molar-refractivity contribution in [2.45, 2.75) is 40.2 Å². The van der Waals surface area contributed by atoms with Crippen molar-refractivity contribution in [2.75, 3.05) is 13.1 Å². The van der Waals surface area contributed by atoms with Crippen molar-refractivity contribution in [3.63, 3.8) is 0 Å². The molecule has 0 aliphatic carbocycles. The van der Waals surface area contributed by atoms with Crippen LogP contribution in [0.2, 0.25) is 0 Å². The molecule has 0 radical (unpaired) electrons. The van der Waals surface area contributed by atoms with Gasteiger partial charge in [0, 0.05) is 55.0 Å². The highest BCUT2D eigenvalue weighted by atomic mass is 16.2. The van der Waals surface area contributed by atoms with Crippen LogP contribution in [-0.4, -0.2) is 39.8 Å². The first-order chi connectivity index (χ1) is 14.4. The van der Waals surface area contributed by atoms with E-state index in [1.54, 1.807) is 17.3 Å². The standard InChI is InChI=1S/C24H28N4O2/c1-15-6-7-21-20(17(3)27-23(21)16(15)2)8-10-26-24(30)19-11-22(29)28(14-19)13-18-5-4-9-25-12-18/h4-7,9,12,19,27H,8,10-11,13-14H2,1-3H3,(H,26,30). The Kier molecular flexibility index (Phi) is 5.57. The van der Waals surface area contributed by atoms with Crippen LogP contribution in [0.25, 0.3) is 10.9 Å². The second kappa shape index (κ2) is 8.30. The molecule has 2 amide bonds. The van der Waals surface area contributed by atoms with E-state index in [1.165, 1.54) is 27.6 Å². The van der Waals surface area contributed by atoms with E-state index in [0.29, 0.717) is 19.6 Å². The van der Waals surface area contributed by atoms with Crippen molar-refractivity contribution in [3.8, 4) is 0 Å². The minimum Gasteiger partial charge on any atom is -0.358 e. The number of hydrogen-bond donors (Lipinski definition) is 2. The monoisotopic (exact) mass is 404 g/mol. The molecule has 1 atom stereocenters.